The summed E-state index contributed by atoms with van der Waals surface area (Å²) >= 11 is 9.25. The summed E-state index contributed by atoms with van der Waals surface area (Å²) in [5.74, 6) is -2.30. The number of aryl methyl sites for hydroxylation is 1. The molecule has 0 radical (unpaired) electrons. The molecular formula is C15H10BrClF2O. The lowest BCUT2D eigenvalue weighted by Crippen LogP contribution is -2.10. The van der Waals surface area contributed by atoms with Crippen LogP contribution >= 0.6 is 27.5 Å². The molecule has 0 unspecified atom stereocenters. The molecule has 104 valence electrons. The van der Waals surface area contributed by atoms with E-state index in [4.69, 9.17) is 11.6 Å². The van der Waals surface area contributed by atoms with Gasteiger partial charge in [0.05, 0.1) is 5.56 Å². The van der Waals surface area contributed by atoms with Gasteiger partial charge in [0.1, 0.15) is 11.6 Å². The van der Waals surface area contributed by atoms with E-state index in [1.54, 1.807) is 18.2 Å². The van der Waals surface area contributed by atoms with E-state index in [0.29, 0.717) is 10.6 Å². The lowest BCUT2D eigenvalue weighted by Gasteiger charge is -2.08. The SMILES string of the molecule is Cc1ccc(F)c(C(=O)Cc2ccc(Br)cc2Cl)c1F. The van der Waals surface area contributed by atoms with Crippen molar-refractivity contribution in [2.24, 2.45) is 0 Å². The second-order valence-corrected chi connectivity index (χ2v) is 5.71. The van der Waals surface area contributed by atoms with Crippen LogP contribution in [0.4, 0.5) is 8.78 Å². The molecule has 2 rings (SSSR count). The minimum atomic E-state index is -0.855. The van der Waals surface area contributed by atoms with Crippen LogP contribution in [0.3, 0.4) is 0 Å². The van der Waals surface area contributed by atoms with Crippen molar-refractivity contribution in [1.82, 2.24) is 0 Å². The highest BCUT2D eigenvalue weighted by atomic mass is 79.9. The Morgan fingerprint density at radius 3 is 2.60 bits per heavy atom. The highest BCUT2D eigenvalue weighted by molar-refractivity contribution is 9.10. The van der Waals surface area contributed by atoms with Crippen LogP contribution in [0.25, 0.3) is 0 Å². The van der Waals surface area contributed by atoms with Gasteiger partial charge in [-0.2, -0.15) is 0 Å². The van der Waals surface area contributed by atoms with Gasteiger partial charge in [-0.25, -0.2) is 8.78 Å². The molecule has 2 aromatic carbocycles. The molecule has 0 aliphatic carbocycles. The largest absolute Gasteiger partial charge is 0.294 e. The van der Waals surface area contributed by atoms with Gasteiger partial charge in [-0.3, -0.25) is 4.79 Å². The van der Waals surface area contributed by atoms with Crippen LogP contribution in [0.2, 0.25) is 5.02 Å². The predicted molar refractivity (Wildman–Crippen MR) is 78.3 cm³/mol. The summed E-state index contributed by atoms with van der Waals surface area (Å²) < 4.78 is 28.3. The fraction of sp³-hybridized carbons (Fsp3) is 0.133. The van der Waals surface area contributed by atoms with Crippen molar-refractivity contribution < 1.29 is 13.6 Å². The van der Waals surface area contributed by atoms with Gasteiger partial charge < -0.3 is 0 Å². The molecule has 0 atom stereocenters. The van der Waals surface area contributed by atoms with Crippen LogP contribution in [-0.2, 0) is 6.42 Å². The summed E-state index contributed by atoms with van der Waals surface area (Å²) in [6.45, 7) is 1.48. The maximum atomic E-state index is 13.9. The molecule has 1 nitrogen and oxygen atoms in total. The Morgan fingerprint density at radius 2 is 1.95 bits per heavy atom. The minimum absolute atomic E-state index is 0.149. The molecule has 0 saturated carbocycles. The number of benzene rings is 2. The van der Waals surface area contributed by atoms with Crippen LogP contribution < -0.4 is 0 Å². The van der Waals surface area contributed by atoms with Crippen molar-refractivity contribution in [2.75, 3.05) is 0 Å². The van der Waals surface area contributed by atoms with Crippen LogP contribution in [0.5, 0.6) is 0 Å². The molecule has 0 heterocycles. The number of carbonyl (C=O) groups is 1. The van der Waals surface area contributed by atoms with E-state index < -0.39 is 23.0 Å². The van der Waals surface area contributed by atoms with E-state index in [-0.39, 0.29) is 12.0 Å². The first-order chi connectivity index (χ1) is 9.40. The molecule has 0 N–H and O–H groups in total. The van der Waals surface area contributed by atoms with E-state index >= 15 is 0 Å². The summed E-state index contributed by atoms with van der Waals surface area (Å²) in [6.07, 6.45) is -0.149. The Labute approximate surface area is 128 Å². The Morgan fingerprint density at radius 1 is 1.25 bits per heavy atom. The number of carbonyl (C=O) groups excluding carboxylic acids is 1. The van der Waals surface area contributed by atoms with Gasteiger partial charge in [0.2, 0.25) is 0 Å². The molecular weight excluding hydrogens is 350 g/mol. The molecule has 0 amide bonds. The molecule has 2 aromatic rings. The number of hydrogen-bond acceptors (Lipinski definition) is 1. The molecule has 0 spiro atoms. The van der Waals surface area contributed by atoms with Crippen LogP contribution in [-0.4, -0.2) is 5.78 Å². The zero-order valence-corrected chi connectivity index (χ0v) is 12.9. The summed E-state index contributed by atoms with van der Waals surface area (Å²) in [7, 11) is 0. The van der Waals surface area contributed by atoms with Gasteiger partial charge in [-0.15, -0.1) is 0 Å². The molecule has 0 aliphatic heterocycles. The normalized spacial score (nSPS) is 10.7. The van der Waals surface area contributed by atoms with Crippen LogP contribution in [0.15, 0.2) is 34.8 Å². The van der Waals surface area contributed by atoms with Gasteiger partial charge in [-0.05, 0) is 36.2 Å². The summed E-state index contributed by atoms with van der Waals surface area (Å²) in [6, 6.07) is 7.39. The molecule has 5 heteroatoms. The maximum absolute atomic E-state index is 13.9. The van der Waals surface area contributed by atoms with Crippen molar-refractivity contribution in [3.8, 4) is 0 Å². The van der Waals surface area contributed by atoms with Crippen molar-refractivity contribution in [3.63, 3.8) is 0 Å². The third kappa shape index (κ3) is 3.07. The summed E-state index contributed by atoms with van der Waals surface area (Å²) in [5.41, 5.74) is 0.251. The van der Waals surface area contributed by atoms with E-state index in [2.05, 4.69) is 15.9 Å². The average Bonchev–Trinajstić information content (AvgIpc) is 2.38. The summed E-state index contributed by atoms with van der Waals surface area (Å²) in [5, 5.41) is 0.376. The molecule has 0 fully saturated rings. The van der Waals surface area contributed by atoms with E-state index in [9.17, 15) is 13.6 Å². The minimum Gasteiger partial charge on any atom is -0.294 e. The van der Waals surface area contributed by atoms with E-state index in [1.165, 1.54) is 13.0 Å². The third-order valence-electron chi connectivity index (χ3n) is 2.93. The van der Waals surface area contributed by atoms with E-state index in [0.717, 1.165) is 10.5 Å². The van der Waals surface area contributed by atoms with Crippen molar-refractivity contribution in [1.29, 1.82) is 0 Å². The molecule has 0 aliphatic rings. The van der Waals surface area contributed by atoms with Gasteiger partial charge >= 0.3 is 0 Å². The average molecular weight is 360 g/mol. The Hall–Kier alpha value is -1.26. The highest BCUT2D eigenvalue weighted by Crippen LogP contribution is 2.24. The van der Waals surface area contributed by atoms with Crippen LogP contribution in [0, 0.1) is 18.6 Å². The molecule has 0 bridgehead atoms. The molecule has 0 aromatic heterocycles. The first-order valence-electron chi connectivity index (χ1n) is 5.82. The monoisotopic (exact) mass is 358 g/mol. The smallest absolute Gasteiger partial charge is 0.173 e. The van der Waals surface area contributed by atoms with Crippen molar-refractivity contribution in [2.45, 2.75) is 13.3 Å². The zero-order chi connectivity index (χ0) is 14.9. The van der Waals surface area contributed by atoms with Crippen molar-refractivity contribution in [3.05, 3.63) is 68.2 Å². The lowest BCUT2D eigenvalue weighted by molar-refractivity contribution is 0.0984. The Kier molecular flexibility index (Phi) is 4.55. The predicted octanol–water partition coefficient (Wildman–Crippen LogP) is 5.11. The second kappa shape index (κ2) is 6.02. The van der Waals surface area contributed by atoms with Gasteiger partial charge in [0.15, 0.2) is 5.78 Å². The molecule has 20 heavy (non-hydrogen) atoms. The summed E-state index contributed by atoms with van der Waals surface area (Å²) in [4.78, 5) is 12.1. The fourth-order valence-corrected chi connectivity index (χ4v) is 2.58. The Balaban J connectivity index is 2.36. The number of ketones is 1. The fourth-order valence-electron chi connectivity index (χ4n) is 1.84. The Bertz CT molecular complexity index is 686. The standard InChI is InChI=1S/C15H10BrClF2O/c1-8-2-5-12(18)14(15(8)19)13(20)6-9-3-4-10(16)7-11(9)17/h2-5,7H,6H2,1H3. The maximum Gasteiger partial charge on any atom is 0.173 e. The quantitative estimate of drug-likeness (QED) is 0.696. The van der Waals surface area contributed by atoms with E-state index in [1.807, 2.05) is 0 Å². The molecule has 0 saturated heterocycles. The first-order valence-corrected chi connectivity index (χ1v) is 6.99. The zero-order valence-electron chi connectivity index (χ0n) is 10.5. The van der Waals surface area contributed by atoms with Crippen LogP contribution in [0.1, 0.15) is 21.5 Å². The van der Waals surface area contributed by atoms with Crippen molar-refractivity contribution >= 4 is 33.3 Å². The topological polar surface area (TPSA) is 17.1 Å². The van der Waals surface area contributed by atoms with Gasteiger partial charge in [0.25, 0.3) is 0 Å². The highest BCUT2D eigenvalue weighted by Gasteiger charge is 2.20. The number of hydrogen-bond donors (Lipinski definition) is 0. The third-order valence-corrected chi connectivity index (χ3v) is 3.77. The number of halogens is 4. The first kappa shape index (κ1) is 15.1. The van der Waals surface area contributed by atoms with Gasteiger partial charge in [-0.1, -0.05) is 39.7 Å². The second-order valence-electron chi connectivity index (χ2n) is 4.39. The lowest BCUT2D eigenvalue weighted by atomic mass is 10.00. The van der Waals surface area contributed by atoms with Gasteiger partial charge in [0, 0.05) is 15.9 Å². The number of rotatable bonds is 3. The number of Topliss-reactive ketones (excluding diaryl/α,β-unsaturated/α-hetero) is 1.